The second kappa shape index (κ2) is 8.67. The van der Waals surface area contributed by atoms with E-state index in [4.69, 9.17) is 4.74 Å². The third-order valence-electron chi connectivity index (χ3n) is 4.28. The number of nitrogens with one attached hydrogen (secondary N) is 1. The van der Waals surface area contributed by atoms with E-state index >= 15 is 0 Å². The van der Waals surface area contributed by atoms with Gasteiger partial charge in [-0.15, -0.1) is 11.3 Å². The normalized spacial score (nSPS) is 10.6. The zero-order chi connectivity index (χ0) is 20.1. The molecule has 6 nitrogen and oxygen atoms in total. The molecule has 1 aromatic heterocycles. The molecule has 0 saturated carbocycles. The monoisotopic (exact) mass is 396 g/mol. The van der Waals surface area contributed by atoms with Crippen LogP contribution >= 0.6 is 11.3 Å². The van der Waals surface area contributed by atoms with Gasteiger partial charge in [-0.25, -0.2) is 4.79 Å². The maximum absolute atomic E-state index is 12.4. The fraction of sp³-hybridized carbons (Fsp3) is 0.190. The number of carbonyl (C=O) groups is 3. The van der Waals surface area contributed by atoms with Gasteiger partial charge in [0.1, 0.15) is 10.6 Å². The Balaban J connectivity index is 1.90. The summed E-state index contributed by atoms with van der Waals surface area (Å²) in [6, 6.07) is 13.8. The quantitative estimate of drug-likeness (QED) is 0.619. The number of carboxylic acid groups (broad SMARTS) is 1. The highest BCUT2D eigenvalue weighted by atomic mass is 32.1. The van der Waals surface area contributed by atoms with Gasteiger partial charge >= 0.3 is 5.97 Å². The first-order valence-corrected chi connectivity index (χ1v) is 9.56. The number of methoxy groups -OCH3 is 1. The van der Waals surface area contributed by atoms with Crippen molar-refractivity contribution in [3.05, 3.63) is 53.4 Å². The first kappa shape index (κ1) is 19.6. The van der Waals surface area contributed by atoms with Crippen LogP contribution in [0.5, 0.6) is 0 Å². The van der Waals surface area contributed by atoms with E-state index < -0.39 is 11.9 Å². The molecule has 0 saturated heterocycles. The van der Waals surface area contributed by atoms with Crippen LogP contribution in [-0.4, -0.2) is 25.0 Å². The number of ether oxygens (including phenoxy) is 1. The number of rotatable bonds is 7. The van der Waals surface area contributed by atoms with Crippen LogP contribution in [0.1, 0.15) is 29.6 Å². The summed E-state index contributed by atoms with van der Waals surface area (Å²) in [6.45, 7) is 0. The number of hydrogen-bond donors (Lipinski definition) is 1. The molecule has 1 amide bonds. The Bertz CT molecular complexity index is 1040. The summed E-state index contributed by atoms with van der Waals surface area (Å²) in [4.78, 5) is 35.0. The van der Waals surface area contributed by atoms with E-state index in [1.807, 2.05) is 42.5 Å². The largest absolute Gasteiger partial charge is 0.550 e. The minimum atomic E-state index is -1.20. The third-order valence-corrected chi connectivity index (χ3v) is 5.17. The van der Waals surface area contributed by atoms with E-state index in [9.17, 15) is 19.5 Å². The molecule has 2 aromatic carbocycles. The van der Waals surface area contributed by atoms with Crippen molar-refractivity contribution in [1.82, 2.24) is 0 Å². The van der Waals surface area contributed by atoms with Crippen LogP contribution in [0.4, 0.5) is 5.00 Å². The maximum atomic E-state index is 12.4. The highest BCUT2D eigenvalue weighted by Crippen LogP contribution is 2.37. The van der Waals surface area contributed by atoms with Crippen molar-refractivity contribution in [2.45, 2.75) is 19.3 Å². The molecular weight excluding hydrogens is 378 g/mol. The molecule has 0 aliphatic heterocycles. The number of aliphatic carboxylic acids is 1. The van der Waals surface area contributed by atoms with Crippen molar-refractivity contribution >= 4 is 45.0 Å². The fourth-order valence-corrected chi connectivity index (χ4v) is 3.88. The van der Waals surface area contributed by atoms with Gasteiger partial charge in [0, 0.05) is 23.3 Å². The molecule has 0 aliphatic carbocycles. The molecule has 1 N–H and O–H groups in total. The van der Waals surface area contributed by atoms with E-state index in [-0.39, 0.29) is 30.7 Å². The van der Waals surface area contributed by atoms with E-state index in [1.165, 1.54) is 18.4 Å². The lowest BCUT2D eigenvalue weighted by atomic mass is 10.00. The molecule has 0 atom stereocenters. The van der Waals surface area contributed by atoms with Crippen molar-refractivity contribution < 1.29 is 24.2 Å². The topological polar surface area (TPSA) is 95.5 Å². The number of carbonyl (C=O) groups excluding carboxylic acids is 3. The van der Waals surface area contributed by atoms with Crippen LogP contribution in [-0.2, 0) is 14.3 Å². The molecule has 0 fully saturated rings. The minimum absolute atomic E-state index is 0.0256. The van der Waals surface area contributed by atoms with Gasteiger partial charge in [-0.2, -0.15) is 0 Å². The Kier molecular flexibility index (Phi) is 6.06. The Morgan fingerprint density at radius 3 is 2.54 bits per heavy atom. The van der Waals surface area contributed by atoms with Crippen LogP contribution in [0, 0.1) is 0 Å². The van der Waals surface area contributed by atoms with Crippen LogP contribution in [0.15, 0.2) is 47.8 Å². The zero-order valence-corrected chi connectivity index (χ0v) is 16.0. The molecule has 1 heterocycles. The van der Waals surface area contributed by atoms with Crippen LogP contribution in [0.3, 0.4) is 0 Å². The SMILES string of the molecule is COC(=O)c1c(-c2ccc3ccccc3c2)csc1NC(=O)CCCC(=O)[O-]. The smallest absolute Gasteiger partial charge is 0.341 e. The Morgan fingerprint density at radius 1 is 1.07 bits per heavy atom. The van der Waals surface area contributed by atoms with Gasteiger partial charge in [-0.1, -0.05) is 36.4 Å². The van der Waals surface area contributed by atoms with Gasteiger partial charge in [0.15, 0.2) is 0 Å². The van der Waals surface area contributed by atoms with E-state index in [0.717, 1.165) is 16.3 Å². The van der Waals surface area contributed by atoms with Gasteiger partial charge in [0.25, 0.3) is 0 Å². The van der Waals surface area contributed by atoms with Gasteiger partial charge < -0.3 is 20.0 Å². The number of benzene rings is 2. The van der Waals surface area contributed by atoms with E-state index in [1.54, 1.807) is 5.38 Å². The standard InChI is InChI=1S/C21H19NO5S/c1-27-21(26)19-16(15-10-9-13-5-2-3-6-14(13)11-15)12-28-20(19)22-17(23)7-4-8-18(24)25/h2-3,5-6,9-12H,4,7-8H2,1H3,(H,22,23)(H,24,25)/p-1. The number of fused-ring (bicyclic) bond motifs is 1. The third kappa shape index (κ3) is 4.37. The molecule has 3 aromatic rings. The molecule has 0 aliphatic rings. The van der Waals surface area contributed by atoms with Crippen LogP contribution in [0.2, 0.25) is 0 Å². The summed E-state index contributed by atoms with van der Waals surface area (Å²) in [5.74, 6) is -2.11. The Labute approximate surface area is 165 Å². The summed E-state index contributed by atoms with van der Waals surface area (Å²) < 4.78 is 4.91. The number of esters is 1. The van der Waals surface area contributed by atoms with Crippen molar-refractivity contribution in [3.63, 3.8) is 0 Å². The number of hydrogen-bond acceptors (Lipinski definition) is 6. The van der Waals surface area contributed by atoms with Gasteiger partial charge in [0.05, 0.1) is 7.11 Å². The number of anilines is 1. The molecule has 0 radical (unpaired) electrons. The second-order valence-electron chi connectivity index (χ2n) is 6.18. The van der Waals surface area contributed by atoms with Gasteiger partial charge in [-0.3, -0.25) is 4.79 Å². The lowest BCUT2D eigenvalue weighted by molar-refractivity contribution is -0.305. The number of carboxylic acids is 1. The lowest BCUT2D eigenvalue weighted by Crippen LogP contribution is -2.22. The predicted octanol–water partition coefficient (Wildman–Crippen LogP) is 3.21. The molecule has 7 heteroatoms. The highest BCUT2D eigenvalue weighted by molar-refractivity contribution is 7.15. The van der Waals surface area contributed by atoms with Crippen LogP contribution in [0.25, 0.3) is 21.9 Å². The minimum Gasteiger partial charge on any atom is -0.550 e. The summed E-state index contributed by atoms with van der Waals surface area (Å²) in [5, 5.41) is 17.5. The zero-order valence-electron chi connectivity index (χ0n) is 15.2. The highest BCUT2D eigenvalue weighted by Gasteiger charge is 2.22. The van der Waals surface area contributed by atoms with Crippen molar-refractivity contribution in [2.75, 3.05) is 12.4 Å². The maximum Gasteiger partial charge on any atom is 0.341 e. The van der Waals surface area contributed by atoms with Crippen LogP contribution < -0.4 is 10.4 Å². The van der Waals surface area contributed by atoms with E-state index in [2.05, 4.69) is 5.32 Å². The van der Waals surface area contributed by atoms with E-state index in [0.29, 0.717) is 10.6 Å². The molecule has 28 heavy (non-hydrogen) atoms. The lowest BCUT2D eigenvalue weighted by Gasteiger charge is -2.09. The molecule has 0 bridgehead atoms. The number of amides is 1. The summed E-state index contributed by atoms with van der Waals surface area (Å²) in [7, 11) is 1.29. The van der Waals surface area contributed by atoms with Gasteiger partial charge in [0.2, 0.25) is 5.91 Å². The molecule has 3 rings (SSSR count). The van der Waals surface area contributed by atoms with Crippen molar-refractivity contribution in [1.29, 1.82) is 0 Å². The Morgan fingerprint density at radius 2 is 1.82 bits per heavy atom. The molecular formula is C21H18NO5S-. The van der Waals surface area contributed by atoms with Crippen molar-refractivity contribution in [2.24, 2.45) is 0 Å². The summed E-state index contributed by atoms with van der Waals surface area (Å²) in [6.07, 6.45) is 0.00644. The summed E-state index contributed by atoms with van der Waals surface area (Å²) in [5.41, 5.74) is 1.80. The number of thiophene rings is 1. The van der Waals surface area contributed by atoms with Crippen molar-refractivity contribution in [3.8, 4) is 11.1 Å². The molecule has 144 valence electrons. The average molecular weight is 396 g/mol. The van der Waals surface area contributed by atoms with Gasteiger partial charge in [-0.05, 0) is 35.2 Å². The fourth-order valence-electron chi connectivity index (χ4n) is 2.91. The Hall–Kier alpha value is -3.19. The first-order chi connectivity index (χ1) is 13.5. The first-order valence-electron chi connectivity index (χ1n) is 8.68. The second-order valence-corrected chi connectivity index (χ2v) is 7.06. The molecule has 0 unspecified atom stereocenters. The predicted molar refractivity (Wildman–Crippen MR) is 106 cm³/mol. The summed E-state index contributed by atoms with van der Waals surface area (Å²) >= 11 is 1.23. The average Bonchev–Trinajstić information content (AvgIpc) is 3.10. The molecule has 0 spiro atoms.